The number of halogens is 3. The van der Waals surface area contributed by atoms with Crippen LogP contribution in [0.1, 0.15) is 17.9 Å². The number of hydrogen-bond donors (Lipinski definition) is 0. The molecule has 1 aromatic rings. The van der Waals surface area contributed by atoms with Crippen molar-refractivity contribution in [1.29, 1.82) is 0 Å². The van der Waals surface area contributed by atoms with Gasteiger partial charge in [0.2, 0.25) is 0 Å². The van der Waals surface area contributed by atoms with Crippen LogP contribution in [0.3, 0.4) is 0 Å². The molecule has 0 aliphatic heterocycles. The summed E-state index contributed by atoms with van der Waals surface area (Å²) in [5.41, 5.74) is -0.185. The van der Waals surface area contributed by atoms with Crippen LogP contribution in [0.5, 0.6) is 0 Å². The third kappa shape index (κ3) is 1.82. The van der Waals surface area contributed by atoms with Gasteiger partial charge in [-0.3, -0.25) is 0 Å². The number of allylic oxidation sites excluding steroid dienone is 4. The highest BCUT2D eigenvalue weighted by molar-refractivity contribution is 5.31. The molecule has 0 aromatic heterocycles. The van der Waals surface area contributed by atoms with E-state index < -0.39 is 23.4 Å². The van der Waals surface area contributed by atoms with Crippen LogP contribution in [-0.4, -0.2) is 0 Å². The van der Waals surface area contributed by atoms with Gasteiger partial charge in [0.15, 0.2) is 11.6 Å². The highest BCUT2D eigenvalue weighted by Crippen LogP contribution is 2.30. The van der Waals surface area contributed by atoms with Crippen LogP contribution in [0.2, 0.25) is 0 Å². The van der Waals surface area contributed by atoms with E-state index in [0.717, 1.165) is 12.1 Å². The van der Waals surface area contributed by atoms with Crippen molar-refractivity contribution in [1.82, 2.24) is 0 Å². The van der Waals surface area contributed by atoms with E-state index in [9.17, 15) is 13.2 Å². The summed E-state index contributed by atoms with van der Waals surface area (Å²) >= 11 is 0. The van der Waals surface area contributed by atoms with E-state index in [1.165, 1.54) is 0 Å². The molecule has 0 saturated carbocycles. The molecule has 3 heteroatoms. The first-order chi connectivity index (χ1) is 7.20. The lowest BCUT2D eigenvalue weighted by Gasteiger charge is -2.15. The lowest BCUT2D eigenvalue weighted by Crippen LogP contribution is -2.05. The second-order valence-electron chi connectivity index (χ2n) is 3.41. The smallest absolute Gasteiger partial charge is 0.165 e. The van der Waals surface area contributed by atoms with Gasteiger partial charge in [0.1, 0.15) is 5.82 Å². The van der Waals surface area contributed by atoms with Gasteiger partial charge in [0, 0.05) is 11.5 Å². The van der Waals surface area contributed by atoms with Crippen molar-refractivity contribution in [3.63, 3.8) is 0 Å². The molecular formula is C12H9F3. The summed E-state index contributed by atoms with van der Waals surface area (Å²) in [7, 11) is 0. The Kier molecular flexibility index (Phi) is 2.62. The van der Waals surface area contributed by atoms with Gasteiger partial charge in [-0.15, -0.1) is 0 Å². The molecule has 1 aromatic carbocycles. The molecule has 0 saturated heterocycles. The van der Waals surface area contributed by atoms with Crippen LogP contribution in [0.4, 0.5) is 13.2 Å². The quantitative estimate of drug-likeness (QED) is 0.620. The van der Waals surface area contributed by atoms with Gasteiger partial charge in [0.05, 0.1) is 0 Å². The zero-order chi connectivity index (χ0) is 10.8. The average molecular weight is 210 g/mol. The SMILES string of the molecule is Fc1ccc(F)c(C2C=CC=CC2)c1F. The summed E-state index contributed by atoms with van der Waals surface area (Å²) in [5, 5.41) is 0. The Balaban J connectivity index is 2.47. The van der Waals surface area contributed by atoms with Gasteiger partial charge in [0.25, 0.3) is 0 Å². The van der Waals surface area contributed by atoms with Crippen LogP contribution in [0, 0.1) is 17.5 Å². The maximum absolute atomic E-state index is 13.4. The zero-order valence-electron chi connectivity index (χ0n) is 7.88. The van der Waals surface area contributed by atoms with Crippen molar-refractivity contribution in [3.05, 3.63) is 59.5 Å². The Morgan fingerprint density at radius 3 is 2.40 bits per heavy atom. The molecule has 0 amide bonds. The maximum atomic E-state index is 13.4. The van der Waals surface area contributed by atoms with Crippen LogP contribution < -0.4 is 0 Å². The molecule has 0 spiro atoms. The van der Waals surface area contributed by atoms with Crippen molar-refractivity contribution in [2.24, 2.45) is 0 Å². The Bertz CT molecular complexity index is 433. The molecule has 1 aliphatic rings. The van der Waals surface area contributed by atoms with E-state index in [1.54, 1.807) is 24.3 Å². The molecule has 0 heterocycles. The second kappa shape index (κ2) is 3.93. The largest absolute Gasteiger partial charge is 0.207 e. The Morgan fingerprint density at radius 1 is 1.00 bits per heavy atom. The van der Waals surface area contributed by atoms with Gasteiger partial charge in [-0.2, -0.15) is 0 Å². The lowest BCUT2D eigenvalue weighted by molar-refractivity contribution is 0.473. The van der Waals surface area contributed by atoms with Crippen molar-refractivity contribution >= 4 is 0 Å². The van der Waals surface area contributed by atoms with Crippen molar-refractivity contribution in [3.8, 4) is 0 Å². The summed E-state index contributed by atoms with van der Waals surface area (Å²) < 4.78 is 39.7. The number of benzene rings is 1. The standard InChI is InChI=1S/C12H9F3/c13-9-6-7-10(14)12(15)11(9)8-4-2-1-3-5-8/h1-4,6-8H,5H2. The molecular weight excluding hydrogens is 201 g/mol. The molecule has 0 N–H and O–H groups in total. The van der Waals surface area contributed by atoms with E-state index in [-0.39, 0.29) is 5.56 Å². The first kappa shape index (κ1) is 10.0. The van der Waals surface area contributed by atoms with E-state index in [1.807, 2.05) is 0 Å². The predicted octanol–water partition coefficient (Wildman–Crippen LogP) is 3.70. The Labute approximate surface area is 85.7 Å². The summed E-state index contributed by atoms with van der Waals surface area (Å²) in [5.74, 6) is -3.20. The highest BCUT2D eigenvalue weighted by atomic mass is 19.2. The normalized spacial score (nSPS) is 19.5. The van der Waals surface area contributed by atoms with Crippen molar-refractivity contribution in [2.75, 3.05) is 0 Å². The van der Waals surface area contributed by atoms with Gasteiger partial charge < -0.3 is 0 Å². The molecule has 15 heavy (non-hydrogen) atoms. The monoisotopic (exact) mass is 210 g/mol. The highest BCUT2D eigenvalue weighted by Gasteiger charge is 2.20. The zero-order valence-corrected chi connectivity index (χ0v) is 7.88. The van der Waals surface area contributed by atoms with Gasteiger partial charge in [-0.05, 0) is 18.6 Å². The van der Waals surface area contributed by atoms with Crippen LogP contribution >= 0.6 is 0 Å². The fourth-order valence-electron chi connectivity index (χ4n) is 1.68. The summed E-state index contributed by atoms with van der Waals surface area (Å²) in [6.45, 7) is 0. The number of hydrogen-bond acceptors (Lipinski definition) is 0. The van der Waals surface area contributed by atoms with E-state index >= 15 is 0 Å². The molecule has 0 nitrogen and oxygen atoms in total. The first-order valence-electron chi connectivity index (χ1n) is 4.67. The van der Waals surface area contributed by atoms with E-state index in [4.69, 9.17) is 0 Å². The fourth-order valence-corrected chi connectivity index (χ4v) is 1.68. The van der Waals surface area contributed by atoms with Gasteiger partial charge >= 0.3 is 0 Å². The van der Waals surface area contributed by atoms with Gasteiger partial charge in [-0.25, -0.2) is 13.2 Å². The topological polar surface area (TPSA) is 0 Å². The minimum atomic E-state index is -1.08. The molecule has 0 radical (unpaired) electrons. The van der Waals surface area contributed by atoms with Crippen LogP contribution in [-0.2, 0) is 0 Å². The molecule has 1 aliphatic carbocycles. The molecule has 1 unspecified atom stereocenters. The van der Waals surface area contributed by atoms with E-state index in [2.05, 4.69) is 0 Å². The fraction of sp³-hybridized carbons (Fsp3) is 0.167. The molecule has 0 bridgehead atoms. The van der Waals surface area contributed by atoms with Crippen molar-refractivity contribution < 1.29 is 13.2 Å². The predicted molar refractivity (Wildman–Crippen MR) is 52.0 cm³/mol. The minimum absolute atomic E-state index is 0.185. The average Bonchev–Trinajstić information content (AvgIpc) is 2.26. The third-order valence-electron chi connectivity index (χ3n) is 2.43. The molecule has 2 rings (SSSR count). The summed E-state index contributed by atoms with van der Waals surface area (Å²) in [6, 6.07) is 1.76. The van der Waals surface area contributed by atoms with Crippen LogP contribution in [0.15, 0.2) is 36.4 Å². The Morgan fingerprint density at radius 2 is 1.73 bits per heavy atom. The molecule has 0 fully saturated rings. The maximum Gasteiger partial charge on any atom is 0.165 e. The first-order valence-corrected chi connectivity index (χ1v) is 4.67. The third-order valence-corrected chi connectivity index (χ3v) is 2.43. The molecule has 78 valence electrons. The van der Waals surface area contributed by atoms with Gasteiger partial charge in [-0.1, -0.05) is 24.3 Å². The molecule has 1 atom stereocenters. The summed E-state index contributed by atoms with van der Waals surface area (Å²) in [6.07, 6.45) is 7.47. The van der Waals surface area contributed by atoms with Crippen LogP contribution in [0.25, 0.3) is 0 Å². The van der Waals surface area contributed by atoms with Crippen molar-refractivity contribution in [2.45, 2.75) is 12.3 Å². The lowest BCUT2D eigenvalue weighted by atomic mass is 9.91. The second-order valence-corrected chi connectivity index (χ2v) is 3.41. The summed E-state index contributed by atoms with van der Waals surface area (Å²) in [4.78, 5) is 0. The number of rotatable bonds is 1. The van der Waals surface area contributed by atoms with E-state index in [0.29, 0.717) is 6.42 Å². The minimum Gasteiger partial charge on any atom is -0.207 e. The Hall–Kier alpha value is -1.51.